The highest BCUT2D eigenvalue weighted by molar-refractivity contribution is 5.78. The van der Waals surface area contributed by atoms with Gasteiger partial charge in [0, 0.05) is 31.4 Å². The number of nitrogens with two attached hydrogens (primary N) is 1. The number of rotatable bonds is 5. The predicted octanol–water partition coefficient (Wildman–Crippen LogP) is -0.560. The van der Waals surface area contributed by atoms with Gasteiger partial charge in [0.15, 0.2) is 0 Å². The zero-order valence-electron chi connectivity index (χ0n) is 10.7. The summed E-state index contributed by atoms with van der Waals surface area (Å²) in [6.07, 6.45) is -0.632. The number of carbonyl (C=O) groups excluding carboxylic acids is 1. The number of amides is 1. The number of hydrogen-bond acceptors (Lipinski definition) is 5. The van der Waals surface area contributed by atoms with Gasteiger partial charge in [-0.1, -0.05) is 6.07 Å². The molecule has 1 aliphatic rings. The van der Waals surface area contributed by atoms with Gasteiger partial charge in [-0.25, -0.2) is 0 Å². The minimum Gasteiger partial charge on any atom is -0.491 e. The van der Waals surface area contributed by atoms with E-state index in [0.717, 1.165) is 6.54 Å². The number of carbonyl (C=O) groups is 1. The topological polar surface area (TPSA) is 87.8 Å². The third-order valence-electron chi connectivity index (χ3n) is 2.89. The molecular weight excluding hydrogens is 246 g/mol. The van der Waals surface area contributed by atoms with Crippen molar-refractivity contribution in [1.29, 1.82) is 0 Å². The molecule has 1 amide bonds. The monoisotopic (exact) mass is 265 g/mol. The normalized spacial score (nSPS) is 17.8. The lowest BCUT2D eigenvalue weighted by atomic mass is 10.3. The van der Waals surface area contributed by atoms with Crippen molar-refractivity contribution in [2.45, 2.75) is 6.10 Å². The van der Waals surface area contributed by atoms with Crippen molar-refractivity contribution in [1.82, 2.24) is 10.2 Å². The average molecular weight is 265 g/mol. The summed E-state index contributed by atoms with van der Waals surface area (Å²) < 4.78 is 5.46. The van der Waals surface area contributed by atoms with Crippen LogP contribution >= 0.6 is 0 Å². The summed E-state index contributed by atoms with van der Waals surface area (Å²) in [5.41, 5.74) is 6.26. The molecule has 1 aliphatic heterocycles. The molecule has 2 rings (SSSR count). The second-order valence-corrected chi connectivity index (χ2v) is 4.62. The Balaban J connectivity index is 1.75. The van der Waals surface area contributed by atoms with Crippen LogP contribution in [0.5, 0.6) is 5.75 Å². The first-order valence-corrected chi connectivity index (χ1v) is 6.29. The maximum absolute atomic E-state index is 11.2. The summed E-state index contributed by atoms with van der Waals surface area (Å²) in [4.78, 5) is 13.1. The van der Waals surface area contributed by atoms with Crippen LogP contribution in [0, 0.1) is 0 Å². The van der Waals surface area contributed by atoms with Gasteiger partial charge in [0.05, 0.1) is 6.54 Å². The molecular formula is C13H19N3O3. The van der Waals surface area contributed by atoms with E-state index >= 15 is 0 Å². The molecule has 6 nitrogen and oxygen atoms in total. The lowest BCUT2D eigenvalue weighted by molar-refractivity contribution is -0.124. The number of nitrogens with one attached hydrogen (secondary N) is 1. The van der Waals surface area contributed by atoms with Gasteiger partial charge in [-0.3, -0.25) is 9.69 Å². The van der Waals surface area contributed by atoms with E-state index in [9.17, 15) is 9.90 Å². The number of anilines is 1. The molecule has 1 aromatic carbocycles. The predicted molar refractivity (Wildman–Crippen MR) is 71.8 cm³/mol. The van der Waals surface area contributed by atoms with Crippen LogP contribution in [0.4, 0.5) is 5.69 Å². The van der Waals surface area contributed by atoms with Gasteiger partial charge >= 0.3 is 0 Å². The van der Waals surface area contributed by atoms with Crippen molar-refractivity contribution >= 4 is 11.6 Å². The van der Waals surface area contributed by atoms with Crippen LogP contribution in [0.15, 0.2) is 24.3 Å². The summed E-state index contributed by atoms with van der Waals surface area (Å²) in [6.45, 7) is 2.31. The van der Waals surface area contributed by atoms with Crippen molar-refractivity contribution in [2.24, 2.45) is 0 Å². The average Bonchev–Trinajstić information content (AvgIpc) is 2.36. The molecule has 0 aliphatic carbocycles. The zero-order chi connectivity index (χ0) is 13.7. The van der Waals surface area contributed by atoms with Crippen LogP contribution in [0.25, 0.3) is 0 Å². The number of nitrogen functional groups attached to an aromatic ring is 1. The molecule has 104 valence electrons. The lowest BCUT2D eigenvalue weighted by Crippen LogP contribution is -2.50. The smallest absolute Gasteiger partial charge is 0.234 e. The van der Waals surface area contributed by atoms with E-state index in [1.807, 2.05) is 4.90 Å². The molecule has 0 spiro atoms. The molecule has 0 bridgehead atoms. The molecule has 1 heterocycles. The van der Waals surface area contributed by atoms with Crippen LogP contribution in [0.3, 0.4) is 0 Å². The highest BCUT2D eigenvalue weighted by Gasteiger charge is 2.19. The third-order valence-corrected chi connectivity index (χ3v) is 2.89. The van der Waals surface area contributed by atoms with Crippen molar-refractivity contribution in [3.8, 4) is 5.75 Å². The van der Waals surface area contributed by atoms with Crippen molar-refractivity contribution in [3.05, 3.63) is 24.3 Å². The number of β-amino-alcohol motifs (C(OH)–C–C–N with tert-alkyl or cyclic N) is 1. The number of nitrogens with zero attached hydrogens (tertiary/aromatic N) is 1. The van der Waals surface area contributed by atoms with Crippen molar-refractivity contribution < 1.29 is 14.6 Å². The van der Waals surface area contributed by atoms with E-state index in [1.165, 1.54) is 0 Å². The highest BCUT2D eigenvalue weighted by atomic mass is 16.5. The van der Waals surface area contributed by atoms with E-state index < -0.39 is 6.10 Å². The van der Waals surface area contributed by atoms with Gasteiger partial charge in [-0.2, -0.15) is 0 Å². The highest BCUT2D eigenvalue weighted by Crippen LogP contribution is 2.14. The quantitative estimate of drug-likeness (QED) is 0.621. The van der Waals surface area contributed by atoms with Gasteiger partial charge < -0.3 is 20.9 Å². The Morgan fingerprint density at radius 1 is 1.53 bits per heavy atom. The molecule has 4 N–H and O–H groups in total. The summed E-state index contributed by atoms with van der Waals surface area (Å²) in [5, 5.41) is 12.6. The van der Waals surface area contributed by atoms with Crippen LogP contribution in [-0.2, 0) is 4.79 Å². The Bertz CT molecular complexity index is 439. The van der Waals surface area contributed by atoms with E-state index in [-0.39, 0.29) is 12.5 Å². The second kappa shape index (κ2) is 6.40. The number of hydrogen-bond donors (Lipinski definition) is 3. The lowest BCUT2D eigenvalue weighted by Gasteiger charge is -2.28. The molecule has 0 aromatic heterocycles. The Morgan fingerprint density at radius 3 is 3.11 bits per heavy atom. The van der Waals surface area contributed by atoms with Gasteiger partial charge in [-0.05, 0) is 12.1 Å². The first kappa shape index (κ1) is 13.6. The first-order valence-electron chi connectivity index (χ1n) is 6.29. The minimum atomic E-state index is -0.632. The molecule has 1 unspecified atom stereocenters. The van der Waals surface area contributed by atoms with Crippen LogP contribution < -0.4 is 15.8 Å². The van der Waals surface area contributed by atoms with Gasteiger partial charge in [-0.15, -0.1) is 0 Å². The van der Waals surface area contributed by atoms with E-state index in [1.54, 1.807) is 24.3 Å². The summed E-state index contributed by atoms with van der Waals surface area (Å²) in [5.74, 6) is 0.630. The molecule has 1 aromatic rings. The van der Waals surface area contributed by atoms with E-state index in [4.69, 9.17) is 10.5 Å². The van der Waals surface area contributed by atoms with Gasteiger partial charge in [0.2, 0.25) is 5.91 Å². The Kier molecular flexibility index (Phi) is 4.59. The number of benzene rings is 1. The molecule has 0 saturated carbocycles. The van der Waals surface area contributed by atoms with Gasteiger partial charge in [0.25, 0.3) is 0 Å². The third kappa shape index (κ3) is 4.42. The SMILES string of the molecule is Nc1cccc(OCC(O)CN2CCNC(=O)C2)c1. The fraction of sp³-hybridized carbons (Fsp3) is 0.462. The number of aliphatic hydroxyl groups is 1. The fourth-order valence-corrected chi connectivity index (χ4v) is 1.99. The maximum atomic E-state index is 11.2. The number of ether oxygens (including phenoxy) is 1. The van der Waals surface area contributed by atoms with Gasteiger partial charge in [0.1, 0.15) is 18.5 Å². The number of piperazine rings is 1. The second-order valence-electron chi connectivity index (χ2n) is 4.62. The van der Waals surface area contributed by atoms with Crippen LogP contribution in [-0.4, -0.2) is 54.8 Å². The van der Waals surface area contributed by atoms with E-state index in [2.05, 4.69) is 5.32 Å². The standard InChI is InChI=1S/C13H19N3O3/c14-10-2-1-3-12(6-10)19-9-11(17)7-16-5-4-15-13(18)8-16/h1-3,6,11,17H,4-5,7-9,14H2,(H,15,18). The maximum Gasteiger partial charge on any atom is 0.234 e. The fourth-order valence-electron chi connectivity index (χ4n) is 1.99. The number of aliphatic hydroxyl groups excluding tert-OH is 1. The Hall–Kier alpha value is -1.79. The van der Waals surface area contributed by atoms with E-state index in [0.29, 0.717) is 31.1 Å². The molecule has 0 radical (unpaired) electrons. The molecule has 1 fully saturated rings. The molecule has 19 heavy (non-hydrogen) atoms. The zero-order valence-corrected chi connectivity index (χ0v) is 10.7. The van der Waals surface area contributed by atoms with Crippen LogP contribution in [0.1, 0.15) is 0 Å². The first-order chi connectivity index (χ1) is 9.13. The summed E-state index contributed by atoms with van der Waals surface area (Å²) >= 11 is 0. The molecule has 1 saturated heterocycles. The summed E-state index contributed by atoms with van der Waals surface area (Å²) in [7, 11) is 0. The summed E-state index contributed by atoms with van der Waals surface area (Å²) in [6, 6.07) is 7.07. The largest absolute Gasteiger partial charge is 0.491 e. The van der Waals surface area contributed by atoms with Crippen molar-refractivity contribution in [2.75, 3.05) is 38.5 Å². The molecule has 6 heteroatoms. The van der Waals surface area contributed by atoms with Crippen molar-refractivity contribution in [3.63, 3.8) is 0 Å². The Morgan fingerprint density at radius 2 is 2.37 bits per heavy atom. The van der Waals surface area contributed by atoms with Crippen LogP contribution in [0.2, 0.25) is 0 Å². The Labute approximate surface area is 112 Å². The molecule has 1 atom stereocenters. The minimum absolute atomic E-state index is 0.00444.